The van der Waals surface area contributed by atoms with Gasteiger partial charge >= 0.3 is 11.9 Å². The van der Waals surface area contributed by atoms with Crippen molar-refractivity contribution in [2.45, 2.75) is 46.0 Å². The smallest absolute Gasteiger partial charge is 0.305 e. The minimum Gasteiger partial charge on any atom is -0.463 e. The van der Waals surface area contributed by atoms with Crippen LogP contribution < -0.4 is 0 Å². The quantitative estimate of drug-likeness (QED) is 0.230. The molecule has 0 amide bonds. The van der Waals surface area contributed by atoms with Gasteiger partial charge in [-0.2, -0.15) is 0 Å². The van der Waals surface area contributed by atoms with Gasteiger partial charge in [0, 0.05) is 26.1 Å². The molecule has 160 valence electrons. The highest BCUT2D eigenvalue weighted by molar-refractivity contribution is 5.69. The predicted molar refractivity (Wildman–Crippen MR) is 99.6 cm³/mol. The number of hydrogen-bond donors (Lipinski definition) is 0. The molecule has 0 unspecified atom stereocenters. The molecule has 0 aliphatic carbocycles. The molecule has 0 aromatic rings. The van der Waals surface area contributed by atoms with Gasteiger partial charge < -0.3 is 28.4 Å². The molecule has 0 saturated carbocycles. The van der Waals surface area contributed by atoms with Crippen molar-refractivity contribution < 1.29 is 38.0 Å². The number of hydrogen-bond acceptors (Lipinski definition) is 8. The van der Waals surface area contributed by atoms with Gasteiger partial charge in [-0.05, 0) is 26.7 Å². The van der Waals surface area contributed by atoms with E-state index < -0.39 is 0 Å². The van der Waals surface area contributed by atoms with Crippen LogP contribution in [0.2, 0.25) is 0 Å². The van der Waals surface area contributed by atoms with Crippen molar-refractivity contribution in [3.63, 3.8) is 0 Å². The van der Waals surface area contributed by atoms with Crippen molar-refractivity contribution in [3.8, 4) is 0 Å². The maximum Gasteiger partial charge on any atom is 0.305 e. The molecule has 8 heteroatoms. The Kier molecular flexibility index (Phi) is 20.1. The molecular formula is C19H36O8. The zero-order valence-corrected chi connectivity index (χ0v) is 16.9. The highest BCUT2D eigenvalue weighted by Crippen LogP contribution is 2.05. The van der Waals surface area contributed by atoms with Crippen LogP contribution in [0, 0.1) is 0 Å². The Balaban J connectivity index is 3.29. The first kappa shape index (κ1) is 25.8. The van der Waals surface area contributed by atoms with Crippen molar-refractivity contribution in [1.29, 1.82) is 0 Å². The first-order chi connectivity index (χ1) is 13.2. The minimum atomic E-state index is -0.241. The molecule has 8 nitrogen and oxygen atoms in total. The van der Waals surface area contributed by atoms with E-state index in [9.17, 15) is 9.59 Å². The summed E-state index contributed by atoms with van der Waals surface area (Å²) < 4.78 is 30.9. The summed E-state index contributed by atoms with van der Waals surface area (Å²) in [4.78, 5) is 23.1. The lowest BCUT2D eigenvalue weighted by molar-refractivity contribution is -0.145. The maximum absolute atomic E-state index is 11.5. The third kappa shape index (κ3) is 20.9. The number of carbonyl (C=O) groups is 2. The van der Waals surface area contributed by atoms with E-state index in [2.05, 4.69) is 0 Å². The molecule has 0 spiro atoms. The van der Waals surface area contributed by atoms with Crippen molar-refractivity contribution >= 4 is 11.9 Å². The Labute approximate surface area is 162 Å². The Bertz CT molecular complexity index is 317. The average molecular weight is 392 g/mol. The highest BCUT2D eigenvalue weighted by Gasteiger charge is 2.05. The van der Waals surface area contributed by atoms with E-state index in [0.29, 0.717) is 78.5 Å². The minimum absolute atomic E-state index is 0.241. The van der Waals surface area contributed by atoms with E-state index in [0.717, 1.165) is 6.42 Å². The summed E-state index contributed by atoms with van der Waals surface area (Å²) in [5.74, 6) is -0.481. The fourth-order valence-corrected chi connectivity index (χ4v) is 2.02. The standard InChI is InChI=1S/C19H36O8/c1-3-22-10-12-24-14-16-26-18(20)8-6-5-7-9-19(21)27-17-15-25-13-11-23-4-2/h3-17H2,1-2H3. The van der Waals surface area contributed by atoms with Gasteiger partial charge in [-0.3, -0.25) is 9.59 Å². The molecule has 0 N–H and O–H groups in total. The maximum atomic E-state index is 11.5. The van der Waals surface area contributed by atoms with Gasteiger partial charge in [-0.25, -0.2) is 0 Å². The first-order valence-electron chi connectivity index (χ1n) is 9.82. The summed E-state index contributed by atoms with van der Waals surface area (Å²) in [7, 11) is 0. The van der Waals surface area contributed by atoms with Gasteiger partial charge in [0.15, 0.2) is 0 Å². The van der Waals surface area contributed by atoms with Crippen molar-refractivity contribution in [3.05, 3.63) is 0 Å². The molecule has 0 aliphatic heterocycles. The Morgan fingerprint density at radius 3 is 1.30 bits per heavy atom. The molecule has 0 fully saturated rings. The van der Waals surface area contributed by atoms with Crippen LogP contribution in [0.3, 0.4) is 0 Å². The van der Waals surface area contributed by atoms with E-state index in [1.807, 2.05) is 13.8 Å². The van der Waals surface area contributed by atoms with Crippen molar-refractivity contribution in [2.24, 2.45) is 0 Å². The van der Waals surface area contributed by atoms with E-state index in [4.69, 9.17) is 28.4 Å². The highest BCUT2D eigenvalue weighted by atomic mass is 16.6. The second-order valence-corrected chi connectivity index (χ2v) is 5.62. The van der Waals surface area contributed by atoms with E-state index in [1.54, 1.807) is 0 Å². The number of ether oxygens (including phenoxy) is 6. The third-order valence-corrected chi connectivity index (χ3v) is 3.40. The lowest BCUT2D eigenvalue weighted by Crippen LogP contribution is -2.13. The number of esters is 2. The summed E-state index contributed by atoms with van der Waals surface area (Å²) in [5, 5.41) is 0. The van der Waals surface area contributed by atoms with E-state index >= 15 is 0 Å². The lowest BCUT2D eigenvalue weighted by atomic mass is 10.1. The fraction of sp³-hybridized carbons (Fsp3) is 0.895. The van der Waals surface area contributed by atoms with Crippen LogP contribution >= 0.6 is 0 Å². The molecule has 0 aromatic carbocycles. The molecule has 0 bridgehead atoms. The van der Waals surface area contributed by atoms with E-state index in [-0.39, 0.29) is 25.2 Å². The first-order valence-corrected chi connectivity index (χ1v) is 9.82. The molecule has 0 atom stereocenters. The second kappa shape index (κ2) is 21.1. The van der Waals surface area contributed by atoms with Gasteiger partial charge in [0.1, 0.15) is 13.2 Å². The van der Waals surface area contributed by atoms with Crippen LogP contribution in [-0.2, 0) is 38.0 Å². The van der Waals surface area contributed by atoms with Gasteiger partial charge in [0.25, 0.3) is 0 Å². The molecule has 0 radical (unpaired) electrons. The summed E-state index contributed by atoms with van der Waals surface area (Å²) >= 11 is 0. The number of rotatable bonds is 20. The van der Waals surface area contributed by atoms with Gasteiger partial charge in [0.2, 0.25) is 0 Å². The van der Waals surface area contributed by atoms with Gasteiger partial charge in [-0.1, -0.05) is 6.42 Å². The van der Waals surface area contributed by atoms with Crippen molar-refractivity contribution in [1.82, 2.24) is 0 Å². The zero-order chi connectivity index (χ0) is 20.0. The molecule has 0 aliphatic rings. The molecule has 0 aromatic heterocycles. The largest absolute Gasteiger partial charge is 0.463 e. The monoisotopic (exact) mass is 392 g/mol. The third-order valence-electron chi connectivity index (χ3n) is 3.40. The number of carbonyl (C=O) groups excluding carboxylic acids is 2. The molecule has 0 rings (SSSR count). The fourth-order valence-electron chi connectivity index (χ4n) is 2.02. The molecule has 0 saturated heterocycles. The van der Waals surface area contributed by atoms with Crippen LogP contribution in [-0.4, -0.2) is 78.0 Å². The molecule has 27 heavy (non-hydrogen) atoms. The van der Waals surface area contributed by atoms with Gasteiger partial charge in [-0.15, -0.1) is 0 Å². The van der Waals surface area contributed by atoms with Crippen LogP contribution in [0.4, 0.5) is 0 Å². The predicted octanol–water partition coefficient (Wildman–Crippen LogP) is 2.13. The average Bonchev–Trinajstić information content (AvgIpc) is 2.66. The Morgan fingerprint density at radius 1 is 0.519 bits per heavy atom. The topological polar surface area (TPSA) is 89.5 Å². The van der Waals surface area contributed by atoms with Crippen LogP contribution in [0.1, 0.15) is 46.0 Å². The Hall–Kier alpha value is -1.22. The molecular weight excluding hydrogens is 356 g/mol. The SMILES string of the molecule is CCOCCOCCOC(=O)CCCCCC(=O)OCCOCCOCC. The summed E-state index contributed by atoms with van der Waals surface area (Å²) in [6.07, 6.45) is 2.86. The zero-order valence-electron chi connectivity index (χ0n) is 16.9. The second-order valence-electron chi connectivity index (χ2n) is 5.62. The summed E-state index contributed by atoms with van der Waals surface area (Å²) in [5.41, 5.74) is 0. The van der Waals surface area contributed by atoms with Crippen molar-refractivity contribution in [2.75, 3.05) is 66.1 Å². The summed E-state index contributed by atoms with van der Waals surface area (Å²) in [6, 6.07) is 0. The van der Waals surface area contributed by atoms with Crippen LogP contribution in [0.5, 0.6) is 0 Å². The molecule has 0 heterocycles. The lowest BCUT2D eigenvalue weighted by Gasteiger charge is -2.07. The van der Waals surface area contributed by atoms with E-state index in [1.165, 1.54) is 0 Å². The number of unbranched alkanes of at least 4 members (excludes halogenated alkanes) is 2. The van der Waals surface area contributed by atoms with Crippen LogP contribution in [0.25, 0.3) is 0 Å². The summed E-state index contributed by atoms with van der Waals surface area (Å²) in [6.45, 7) is 8.54. The normalized spacial score (nSPS) is 10.7. The van der Waals surface area contributed by atoms with Gasteiger partial charge in [0.05, 0.1) is 39.6 Å². The van der Waals surface area contributed by atoms with Crippen LogP contribution in [0.15, 0.2) is 0 Å². The Morgan fingerprint density at radius 2 is 0.889 bits per heavy atom.